The number of hydrogen-bond acceptors (Lipinski definition) is 8. The summed E-state index contributed by atoms with van der Waals surface area (Å²) in [4.78, 5) is 40.3. The summed E-state index contributed by atoms with van der Waals surface area (Å²) in [5, 5.41) is 3.08. The normalized spacial score (nSPS) is 11.8. The monoisotopic (exact) mass is 388 g/mol. The number of amides is 1. The van der Waals surface area contributed by atoms with Crippen molar-refractivity contribution in [2.45, 2.75) is 11.9 Å². The first-order valence-corrected chi connectivity index (χ1v) is 9.12. The summed E-state index contributed by atoms with van der Waals surface area (Å²) in [6.07, 6.45) is 3.35. The number of carbonyl (C=O) groups excluding carboxylic acids is 3. The van der Waals surface area contributed by atoms with Crippen LogP contribution in [0, 0.1) is 0 Å². The van der Waals surface area contributed by atoms with E-state index in [9.17, 15) is 14.4 Å². The second-order valence-corrected chi connectivity index (χ2v) is 6.29. The van der Waals surface area contributed by atoms with Crippen molar-refractivity contribution in [1.82, 2.24) is 4.98 Å². The number of hydrogen-bond donors (Lipinski definition) is 1. The van der Waals surface area contributed by atoms with Gasteiger partial charge in [-0.25, -0.2) is 9.78 Å². The minimum Gasteiger partial charge on any atom is -0.454 e. The molecule has 1 aliphatic rings. The van der Waals surface area contributed by atoms with Gasteiger partial charge in [-0.05, 0) is 31.4 Å². The molecule has 140 valence electrons. The van der Waals surface area contributed by atoms with E-state index in [-0.39, 0.29) is 29.4 Å². The maximum absolute atomic E-state index is 12.2. The van der Waals surface area contributed by atoms with Crippen LogP contribution >= 0.6 is 11.8 Å². The Balaban J connectivity index is 1.68. The van der Waals surface area contributed by atoms with E-state index in [1.54, 1.807) is 24.6 Å². The molecule has 2 aromatic rings. The number of ether oxygens (including phenoxy) is 3. The first-order valence-electron chi connectivity index (χ1n) is 7.90. The molecule has 1 amide bonds. The summed E-state index contributed by atoms with van der Waals surface area (Å²) in [7, 11) is 0. The third-order valence-electron chi connectivity index (χ3n) is 3.68. The second-order valence-electron chi connectivity index (χ2n) is 5.49. The van der Waals surface area contributed by atoms with Gasteiger partial charge in [-0.15, -0.1) is 11.8 Å². The smallest absolute Gasteiger partial charge is 0.341 e. The summed E-state index contributed by atoms with van der Waals surface area (Å²) in [6.45, 7) is 0.914. The molecule has 0 bridgehead atoms. The number of nitrogens with zero attached hydrogens (tertiary/aromatic N) is 1. The van der Waals surface area contributed by atoms with Gasteiger partial charge in [0.1, 0.15) is 5.03 Å². The first kappa shape index (κ1) is 18.7. The van der Waals surface area contributed by atoms with Crippen LogP contribution in [0.2, 0.25) is 0 Å². The second kappa shape index (κ2) is 8.09. The highest BCUT2D eigenvalue weighted by molar-refractivity contribution is 7.98. The number of anilines is 1. The molecule has 0 saturated carbocycles. The van der Waals surface area contributed by atoms with Crippen molar-refractivity contribution in [3.8, 4) is 11.5 Å². The number of benzene rings is 1. The number of fused-ring (bicyclic) bond motifs is 1. The van der Waals surface area contributed by atoms with Gasteiger partial charge in [0.25, 0.3) is 5.91 Å². The molecule has 3 rings (SSSR count). The van der Waals surface area contributed by atoms with Crippen molar-refractivity contribution < 1.29 is 28.6 Å². The zero-order valence-electron chi connectivity index (χ0n) is 14.6. The Kier molecular flexibility index (Phi) is 5.60. The molecule has 0 aliphatic carbocycles. The molecule has 0 radical (unpaired) electrons. The van der Waals surface area contributed by atoms with Crippen molar-refractivity contribution in [2.75, 3.05) is 25.0 Å². The van der Waals surface area contributed by atoms with Crippen LogP contribution in [-0.4, -0.2) is 42.3 Å². The molecule has 9 heteroatoms. The molecular formula is C18H16N2O6S. The van der Waals surface area contributed by atoms with Crippen LogP contribution in [-0.2, 0) is 9.53 Å². The number of aromatic nitrogens is 1. The van der Waals surface area contributed by atoms with Gasteiger partial charge < -0.3 is 19.5 Å². The number of Topliss-reactive ketones (excluding diaryl/α,β-unsaturated/α-hetero) is 1. The minimum absolute atomic E-state index is 0.0462. The predicted molar refractivity (Wildman–Crippen MR) is 97.5 cm³/mol. The highest BCUT2D eigenvalue weighted by Crippen LogP contribution is 2.37. The van der Waals surface area contributed by atoms with Gasteiger partial charge in [-0.3, -0.25) is 9.59 Å². The molecule has 1 aliphatic heterocycles. The molecule has 1 aromatic carbocycles. The lowest BCUT2D eigenvalue weighted by Crippen LogP contribution is -2.22. The number of esters is 1. The summed E-state index contributed by atoms with van der Waals surface area (Å²) in [5.41, 5.74) is 0.820. The molecule has 0 saturated heterocycles. The van der Waals surface area contributed by atoms with E-state index in [4.69, 9.17) is 14.2 Å². The average Bonchev–Trinajstić information content (AvgIpc) is 3.12. The minimum atomic E-state index is -0.653. The SMILES string of the molecule is CSc1ncccc1C(=O)OCC(=O)Nc1cc2c(cc1C(C)=O)OCO2. The Morgan fingerprint density at radius 1 is 1.22 bits per heavy atom. The average molecular weight is 388 g/mol. The van der Waals surface area contributed by atoms with Crippen LogP contribution in [0.1, 0.15) is 27.6 Å². The Hall–Kier alpha value is -3.07. The van der Waals surface area contributed by atoms with E-state index < -0.39 is 18.5 Å². The van der Waals surface area contributed by atoms with E-state index in [1.165, 1.54) is 30.8 Å². The summed E-state index contributed by atoms with van der Waals surface area (Å²) in [5.74, 6) is -0.627. The molecule has 1 N–H and O–H groups in total. The quantitative estimate of drug-likeness (QED) is 0.457. The molecule has 27 heavy (non-hydrogen) atoms. The fraction of sp³-hybridized carbons (Fsp3) is 0.222. The number of rotatable bonds is 6. The zero-order chi connectivity index (χ0) is 19.4. The zero-order valence-corrected chi connectivity index (χ0v) is 15.4. The number of pyridine rings is 1. The van der Waals surface area contributed by atoms with Crippen LogP contribution in [0.15, 0.2) is 35.5 Å². The number of ketones is 1. The van der Waals surface area contributed by atoms with Crippen LogP contribution in [0.4, 0.5) is 5.69 Å². The lowest BCUT2D eigenvalue weighted by Gasteiger charge is -2.11. The van der Waals surface area contributed by atoms with E-state index in [2.05, 4.69) is 10.3 Å². The fourth-order valence-corrected chi connectivity index (χ4v) is 2.98. The molecule has 1 aromatic heterocycles. The van der Waals surface area contributed by atoms with Crippen molar-refractivity contribution in [2.24, 2.45) is 0 Å². The first-order chi connectivity index (χ1) is 13.0. The number of thioether (sulfide) groups is 1. The van der Waals surface area contributed by atoms with Gasteiger partial charge >= 0.3 is 5.97 Å². The lowest BCUT2D eigenvalue weighted by atomic mass is 10.1. The summed E-state index contributed by atoms with van der Waals surface area (Å²) < 4.78 is 15.5. The Morgan fingerprint density at radius 3 is 2.67 bits per heavy atom. The molecule has 0 spiro atoms. The third kappa shape index (κ3) is 4.20. The molecule has 0 atom stereocenters. The highest BCUT2D eigenvalue weighted by Gasteiger charge is 2.21. The van der Waals surface area contributed by atoms with Gasteiger partial charge in [0, 0.05) is 17.8 Å². The van der Waals surface area contributed by atoms with Crippen molar-refractivity contribution in [3.63, 3.8) is 0 Å². The Labute approximate surface area is 159 Å². The van der Waals surface area contributed by atoms with Crippen molar-refractivity contribution in [3.05, 3.63) is 41.6 Å². The summed E-state index contributed by atoms with van der Waals surface area (Å²) >= 11 is 1.30. The third-order valence-corrected chi connectivity index (χ3v) is 4.40. The molecule has 0 fully saturated rings. The molecule has 2 heterocycles. The van der Waals surface area contributed by atoms with Crippen LogP contribution < -0.4 is 14.8 Å². The highest BCUT2D eigenvalue weighted by atomic mass is 32.2. The van der Waals surface area contributed by atoms with Crippen molar-refractivity contribution >= 4 is 35.1 Å². The van der Waals surface area contributed by atoms with Gasteiger partial charge in [-0.2, -0.15) is 0 Å². The van der Waals surface area contributed by atoms with Gasteiger partial charge in [0.2, 0.25) is 6.79 Å². The standard InChI is InChI=1S/C18H16N2O6S/c1-10(21)12-6-14-15(26-9-25-14)7-13(12)20-16(22)8-24-18(23)11-4-3-5-19-17(11)27-2/h3-7H,8-9H2,1-2H3,(H,20,22). The molecule has 8 nitrogen and oxygen atoms in total. The van der Waals surface area contributed by atoms with Gasteiger partial charge in [0.05, 0.1) is 11.3 Å². The fourth-order valence-electron chi connectivity index (χ4n) is 2.44. The molecular weight excluding hydrogens is 372 g/mol. The Morgan fingerprint density at radius 2 is 1.96 bits per heavy atom. The topological polar surface area (TPSA) is 104 Å². The lowest BCUT2D eigenvalue weighted by molar-refractivity contribution is -0.119. The molecule has 0 unspecified atom stereocenters. The predicted octanol–water partition coefficient (Wildman–Crippen LogP) is 2.53. The van der Waals surface area contributed by atoms with Crippen molar-refractivity contribution in [1.29, 1.82) is 0 Å². The van der Waals surface area contributed by atoms with E-state index >= 15 is 0 Å². The van der Waals surface area contributed by atoms with Crippen LogP contribution in [0.5, 0.6) is 11.5 Å². The van der Waals surface area contributed by atoms with Crippen LogP contribution in [0.25, 0.3) is 0 Å². The maximum Gasteiger partial charge on any atom is 0.341 e. The Bertz CT molecular complexity index is 915. The van der Waals surface area contributed by atoms with E-state index in [1.807, 2.05) is 0 Å². The van der Waals surface area contributed by atoms with E-state index in [0.29, 0.717) is 16.5 Å². The summed E-state index contributed by atoms with van der Waals surface area (Å²) in [6, 6.07) is 6.20. The van der Waals surface area contributed by atoms with E-state index in [0.717, 1.165) is 0 Å². The van der Waals surface area contributed by atoms with Crippen LogP contribution in [0.3, 0.4) is 0 Å². The van der Waals surface area contributed by atoms with Gasteiger partial charge in [0.15, 0.2) is 23.9 Å². The maximum atomic E-state index is 12.2. The number of carbonyl (C=O) groups is 3. The largest absolute Gasteiger partial charge is 0.454 e. The number of nitrogens with one attached hydrogen (secondary N) is 1. The van der Waals surface area contributed by atoms with Gasteiger partial charge in [-0.1, -0.05) is 0 Å².